The first-order chi connectivity index (χ1) is 8.95. The number of carboxylic acids is 1. The van der Waals surface area contributed by atoms with E-state index in [-0.39, 0.29) is 0 Å². The van der Waals surface area contributed by atoms with Crippen LogP contribution in [0.5, 0.6) is 5.75 Å². The molecular formula is C15H19NO3. The average molecular weight is 261 g/mol. The normalized spacial score (nSPS) is 11.7. The second kappa shape index (κ2) is 4.96. The van der Waals surface area contributed by atoms with Crippen molar-refractivity contribution < 1.29 is 14.6 Å². The first-order valence-electron chi connectivity index (χ1n) is 6.31. The molecule has 0 saturated heterocycles. The molecule has 0 unspecified atom stereocenters. The zero-order chi connectivity index (χ0) is 14.0. The Labute approximate surface area is 112 Å². The number of aromatic nitrogens is 1. The molecule has 1 aromatic heterocycles. The number of fused-ring (bicyclic) bond motifs is 1. The highest BCUT2D eigenvalue weighted by molar-refractivity contribution is 5.86. The molecule has 0 aliphatic rings. The first kappa shape index (κ1) is 13.5. The molecule has 4 nitrogen and oxygen atoms in total. The van der Waals surface area contributed by atoms with Crippen molar-refractivity contribution in [1.82, 2.24) is 4.57 Å². The van der Waals surface area contributed by atoms with Crippen molar-refractivity contribution in [2.24, 2.45) is 5.41 Å². The van der Waals surface area contributed by atoms with Crippen LogP contribution in [0.2, 0.25) is 0 Å². The number of hydrogen-bond donors (Lipinski definition) is 1. The highest BCUT2D eigenvalue weighted by Gasteiger charge is 2.26. The summed E-state index contributed by atoms with van der Waals surface area (Å²) < 4.78 is 7.39. The molecule has 19 heavy (non-hydrogen) atoms. The van der Waals surface area contributed by atoms with Crippen LogP contribution in [0.3, 0.4) is 0 Å². The van der Waals surface area contributed by atoms with Gasteiger partial charge in [-0.05, 0) is 38.5 Å². The molecule has 0 atom stereocenters. The van der Waals surface area contributed by atoms with Gasteiger partial charge in [-0.25, -0.2) is 0 Å². The summed E-state index contributed by atoms with van der Waals surface area (Å²) in [5, 5.41) is 10.2. The lowest BCUT2D eigenvalue weighted by Crippen LogP contribution is -2.25. The SMILES string of the molecule is COc1cccc2c1ccn2CCC(C)(C)C(=O)O. The van der Waals surface area contributed by atoms with Crippen molar-refractivity contribution in [3.63, 3.8) is 0 Å². The van der Waals surface area contributed by atoms with E-state index in [1.165, 1.54) is 0 Å². The second-order valence-corrected chi connectivity index (χ2v) is 5.34. The summed E-state index contributed by atoms with van der Waals surface area (Å²) in [7, 11) is 1.65. The molecule has 2 aromatic rings. The Balaban J connectivity index is 2.25. The van der Waals surface area contributed by atoms with Gasteiger partial charge < -0.3 is 14.4 Å². The van der Waals surface area contributed by atoms with Crippen LogP contribution in [0.25, 0.3) is 10.9 Å². The van der Waals surface area contributed by atoms with Crippen LogP contribution in [-0.4, -0.2) is 22.8 Å². The van der Waals surface area contributed by atoms with Gasteiger partial charge >= 0.3 is 5.97 Å². The van der Waals surface area contributed by atoms with Crippen molar-refractivity contribution in [3.8, 4) is 5.75 Å². The Morgan fingerprint density at radius 2 is 2.11 bits per heavy atom. The Hall–Kier alpha value is -1.97. The third-order valence-corrected chi connectivity index (χ3v) is 3.55. The molecule has 102 valence electrons. The number of methoxy groups -OCH3 is 1. The van der Waals surface area contributed by atoms with Gasteiger partial charge in [0.15, 0.2) is 0 Å². The van der Waals surface area contributed by atoms with Gasteiger partial charge in [0.05, 0.1) is 18.0 Å². The predicted molar refractivity (Wildman–Crippen MR) is 74.5 cm³/mol. The number of benzene rings is 1. The van der Waals surface area contributed by atoms with E-state index in [0.717, 1.165) is 16.7 Å². The number of nitrogens with zero attached hydrogens (tertiary/aromatic N) is 1. The first-order valence-corrected chi connectivity index (χ1v) is 6.31. The van der Waals surface area contributed by atoms with E-state index in [4.69, 9.17) is 9.84 Å². The smallest absolute Gasteiger partial charge is 0.309 e. The van der Waals surface area contributed by atoms with Crippen molar-refractivity contribution in [2.75, 3.05) is 7.11 Å². The Bertz CT molecular complexity index is 598. The van der Waals surface area contributed by atoms with Crippen LogP contribution in [0.1, 0.15) is 20.3 Å². The predicted octanol–water partition coefficient (Wildman–Crippen LogP) is 3.15. The summed E-state index contributed by atoms with van der Waals surface area (Å²) in [4.78, 5) is 11.1. The van der Waals surface area contributed by atoms with Gasteiger partial charge in [0.1, 0.15) is 5.75 Å². The zero-order valence-electron chi connectivity index (χ0n) is 11.5. The largest absolute Gasteiger partial charge is 0.496 e. The number of carbonyl (C=O) groups is 1. The molecule has 0 saturated carbocycles. The fourth-order valence-corrected chi connectivity index (χ4v) is 2.08. The minimum Gasteiger partial charge on any atom is -0.496 e. The van der Waals surface area contributed by atoms with E-state index in [1.54, 1.807) is 21.0 Å². The molecule has 0 aliphatic carbocycles. The van der Waals surface area contributed by atoms with Crippen LogP contribution in [0.15, 0.2) is 30.5 Å². The standard InChI is InChI=1S/C15H19NO3/c1-15(2,14(17)18)8-10-16-9-7-11-12(16)5-4-6-13(11)19-3/h4-7,9H,8,10H2,1-3H3,(H,17,18). The molecular weight excluding hydrogens is 242 g/mol. The minimum absolute atomic E-state index is 0.587. The van der Waals surface area contributed by atoms with Crippen molar-refractivity contribution in [1.29, 1.82) is 0 Å². The van der Waals surface area contributed by atoms with E-state index in [9.17, 15) is 4.79 Å². The quantitative estimate of drug-likeness (QED) is 0.899. The summed E-state index contributed by atoms with van der Waals surface area (Å²) in [5.74, 6) is 0.0790. The number of hydrogen-bond acceptors (Lipinski definition) is 2. The molecule has 2 rings (SSSR count). The molecule has 1 aromatic carbocycles. The van der Waals surface area contributed by atoms with Gasteiger partial charge in [-0.3, -0.25) is 4.79 Å². The molecule has 0 radical (unpaired) electrons. The highest BCUT2D eigenvalue weighted by Crippen LogP contribution is 2.28. The molecule has 0 fully saturated rings. The molecule has 4 heteroatoms. The number of ether oxygens (including phenoxy) is 1. The van der Waals surface area contributed by atoms with E-state index < -0.39 is 11.4 Å². The van der Waals surface area contributed by atoms with E-state index in [2.05, 4.69) is 4.57 Å². The van der Waals surface area contributed by atoms with E-state index >= 15 is 0 Å². The average Bonchev–Trinajstić information content (AvgIpc) is 2.79. The van der Waals surface area contributed by atoms with Gasteiger partial charge in [-0.2, -0.15) is 0 Å². The summed E-state index contributed by atoms with van der Waals surface area (Å²) >= 11 is 0. The summed E-state index contributed by atoms with van der Waals surface area (Å²) in [6, 6.07) is 7.89. The molecule has 1 N–H and O–H groups in total. The molecule has 1 heterocycles. The molecule has 0 amide bonds. The van der Waals surface area contributed by atoms with Gasteiger partial charge in [-0.15, -0.1) is 0 Å². The summed E-state index contributed by atoms with van der Waals surface area (Å²) in [6.07, 6.45) is 2.56. The highest BCUT2D eigenvalue weighted by atomic mass is 16.5. The van der Waals surface area contributed by atoms with Gasteiger partial charge in [-0.1, -0.05) is 6.07 Å². The minimum atomic E-state index is -0.762. The van der Waals surface area contributed by atoms with Crippen LogP contribution in [0.4, 0.5) is 0 Å². The van der Waals surface area contributed by atoms with Gasteiger partial charge in [0.25, 0.3) is 0 Å². The number of aliphatic carboxylic acids is 1. The third kappa shape index (κ3) is 2.57. The van der Waals surface area contributed by atoms with Gasteiger partial charge in [0.2, 0.25) is 0 Å². The number of carboxylic acid groups (broad SMARTS) is 1. The van der Waals surface area contributed by atoms with Crippen LogP contribution in [0, 0.1) is 5.41 Å². The number of rotatable bonds is 5. The lowest BCUT2D eigenvalue weighted by molar-refractivity contribution is -0.147. The Kier molecular flexibility index (Phi) is 3.51. The van der Waals surface area contributed by atoms with Crippen molar-refractivity contribution in [2.45, 2.75) is 26.8 Å². The monoisotopic (exact) mass is 261 g/mol. The maximum Gasteiger partial charge on any atom is 0.309 e. The molecule has 0 aliphatic heterocycles. The van der Waals surface area contributed by atoms with Crippen LogP contribution < -0.4 is 4.74 Å². The maximum absolute atomic E-state index is 11.1. The zero-order valence-corrected chi connectivity index (χ0v) is 11.5. The number of aryl methyl sites for hydroxylation is 1. The maximum atomic E-state index is 11.1. The van der Waals surface area contributed by atoms with E-state index in [0.29, 0.717) is 13.0 Å². The van der Waals surface area contributed by atoms with Crippen molar-refractivity contribution >= 4 is 16.9 Å². The van der Waals surface area contributed by atoms with Crippen molar-refractivity contribution in [3.05, 3.63) is 30.5 Å². The fraction of sp³-hybridized carbons (Fsp3) is 0.400. The Morgan fingerprint density at radius 1 is 1.37 bits per heavy atom. The van der Waals surface area contributed by atoms with E-state index in [1.807, 2.05) is 30.5 Å². The second-order valence-electron chi connectivity index (χ2n) is 5.34. The summed E-state index contributed by atoms with van der Waals surface area (Å²) in [5.41, 5.74) is 0.357. The third-order valence-electron chi connectivity index (χ3n) is 3.55. The summed E-state index contributed by atoms with van der Waals surface area (Å²) in [6.45, 7) is 4.18. The van der Waals surface area contributed by atoms with Gasteiger partial charge in [0, 0.05) is 18.1 Å². The fourth-order valence-electron chi connectivity index (χ4n) is 2.08. The lowest BCUT2D eigenvalue weighted by atomic mass is 9.89. The van der Waals surface area contributed by atoms with Crippen LogP contribution >= 0.6 is 0 Å². The topological polar surface area (TPSA) is 51.5 Å². The lowest BCUT2D eigenvalue weighted by Gasteiger charge is -2.19. The molecule has 0 spiro atoms. The van der Waals surface area contributed by atoms with Crippen LogP contribution in [-0.2, 0) is 11.3 Å². The Morgan fingerprint density at radius 3 is 2.74 bits per heavy atom. The molecule has 0 bridgehead atoms.